The number of benzene rings is 1. The Morgan fingerprint density at radius 3 is 2.72 bits per heavy atom. The van der Waals surface area contributed by atoms with Crippen LogP contribution in [0.4, 0.5) is 4.79 Å². The summed E-state index contributed by atoms with van der Waals surface area (Å²) in [7, 11) is 0. The number of ether oxygens (including phenoxy) is 2. The fourth-order valence-corrected chi connectivity index (χ4v) is 3.95. The predicted octanol–water partition coefficient (Wildman–Crippen LogP) is 3.91. The van der Waals surface area contributed by atoms with Gasteiger partial charge in [-0.1, -0.05) is 18.2 Å². The molecule has 2 heterocycles. The molecule has 2 aromatic rings. The van der Waals surface area contributed by atoms with Crippen molar-refractivity contribution in [3.63, 3.8) is 0 Å². The van der Waals surface area contributed by atoms with E-state index >= 15 is 0 Å². The third-order valence-electron chi connectivity index (χ3n) is 3.87. The molecule has 1 saturated heterocycles. The second-order valence-electron chi connectivity index (χ2n) is 6.93. The lowest BCUT2D eigenvalue weighted by Gasteiger charge is -2.34. The Morgan fingerprint density at radius 2 is 2.04 bits per heavy atom. The Hall–Kier alpha value is -2.12. The van der Waals surface area contributed by atoms with Crippen LogP contribution in [0.2, 0.25) is 0 Å². The summed E-state index contributed by atoms with van der Waals surface area (Å²) in [4.78, 5) is 25.9. The summed E-state index contributed by atoms with van der Waals surface area (Å²) in [5.74, 6) is -0.978. The van der Waals surface area contributed by atoms with Crippen LogP contribution >= 0.6 is 11.3 Å². The van der Waals surface area contributed by atoms with Gasteiger partial charge in [-0.05, 0) is 32.2 Å². The Bertz CT molecular complexity index is 807. The van der Waals surface area contributed by atoms with Gasteiger partial charge in [-0.3, -0.25) is 0 Å². The average molecular weight is 363 g/mol. The summed E-state index contributed by atoms with van der Waals surface area (Å²) >= 11 is 1.23. The van der Waals surface area contributed by atoms with Crippen molar-refractivity contribution in [1.82, 2.24) is 4.90 Å². The molecule has 7 heteroatoms. The van der Waals surface area contributed by atoms with Gasteiger partial charge in [-0.15, -0.1) is 11.3 Å². The Kier molecular flexibility index (Phi) is 4.71. The van der Waals surface area contributed by atoms with E-state index in [2.05, 4.69) is 0 Å². The average Bonchev–Trinajstić information content (AvgIpc) is 2.93. The molecule has 0 saturated carbocycles. The zero-order valence-corrected chi connectivity index (χ0v) is 15.3. The molecule has 134 valence electrons. The number of carbonyl (C=O) groups excluding carboxylic acids is 1. The van der Waals surface area contributed by atoms with E-state index in [1.54, 1.807) is 4.90 Å². The second kappa shape index (κ2) is 6.65. The van der Waals surface area contributed by atoms with Gasteiger partial charge in [-0.2, -0.15) is 0 Å². The molecule has 1 aliphatic rings. The van der Waals surface area contributed by atoms with Crippen LogP contribution in [0, 0.1) is 0 Å². The maximum atomic E-state index is 12.3. The van der Waals surface area contributed by atoms with Crippen LogP contribution in [-0.2, 0) is 9.47 Å². The minimum absolute atomic E-state index is 0.261. The normalized spacial score (nSPS) is 18.4. The molecule has 1 N–H and O–H groups in total. The number of aromatic carboxylic acids is 1. The zero-order chi connectivity index (χ0) is 18.2. The van der Waals surface area contributed by atoms with Gasteiger partial charge in [0.15, 0.2) is 0 Å². The first-order chi connectivity index (χ1) is 11.8. The zero-order valence-electron chi connectivity index (χ0n) is 14.4. The molecule has 25 heavy (non-hydrogen) atoms. The lowest BCUT2D eigenvalue weighted by molar-refractivity contribution is -0.0429. The summed E-state index contributed by atoms with van der Waals surface area (Å²) in [5, 5.41) is 10.4. The van der Waals surface area contributed by atoms with Crippen LogP contribution in [0.1, 0.15) is 42.1 Å². The number of morpholine rings is 1. The number of hydrogen-bond acceptors (Lipinski definition) is 5. The minimum atomic E-state index is -0.978. The van der Waals surface area contributed by atoms with E-state index in [0.717, 1.165) is 10.1 Å². The number of amides is 1. The van der Waals surface area contributed by atoms with E-state index in [-0.39, 0.29) is 11.4 Å². The van der Waals surface area contributed by atoms with Gasteiger partial charge in [0.05, 0.1) is 13.2 Å². The number of rotatable bonds is 2. The molecule has 1 aromatic heterocycles. The third-order valence-corrected chi connectivity index (χ3v) is 5.04. The fourth-order valence-electron chi connectivity index (χ4n) is 2.86. The maximum Gasteiger partial charge on any atom is 0.410 e. The van der Waals surface area contributed by atoms with E-state index in [9.17, 15) is 14.7 Å². The minimum Gasteiger partial charge on any atom is -0.477 e. The molecule has 1 amide bonds. The van der Waals surface area contributed by atoms with Crippen LogP contribution in [0.25, 0.3) is 10.1 Å². The van der Waals surface area contributed by atoms with E-state index in [4.69, 9.17) is 9.47 Å². The third kappa shape index (κ3) is 3.77. The number of carboxylic acids is 1. The van der Waals surface area contributed by atoms with Crippen molar-refractivity contribution in [2.75, 3.05) is 19.7 Å². The molecule has 0 spiro atoms. The predicted molar refractivity (Wildman–Crippen MR) is 95.3 cm³/mol. The fraction of sp³-hybridized carbons (Fsp3) is 0.444. The van der Waals surface area contributed by atoms with Gasteiger partial charge in [-0.25, -0.2) is 9.59 Å². The van der Waals surface area contributed by atoms with Crippen molar-refractivity contribution >= 4 is 33.5 Å². The molecular formula is C18H21NO5S. The first kappa shape index (κ1) is 17.7. The van der Waals surface area contributed by atoms with Crippen LogP contribution < -0.4 is 0 Å². The quantitative estimate of drug-likeness (QED) is 0.875. The number of hydrogen-bond donors (Lipinski definition) is 1. The van der Waals surface area contributed by atoms with E-state index < -0.39 is 23.8 Å². The molecule has 1 aromatic carbocycles. The monoisotopic (exact) mass is 363 g/mol. The highest BCUT2D eigenvalue weighted by molar-refractivity contribution is 7.21. The van der Waals surface area contributed by atoms with Gasteiger partial charge in [0.25, 0.3) is 0 Å². The summed E-state index contributed by atoms with van der Waals surface area (Å²) in [6.45, 7) is 6.49. The highest BCUT2D eigenvalue weighted by Gasteiger charge is 2.33. The number of carbonyl (C=O) groups is 2. The van der Waals surface area contributed by atoms with Gasteiger partial charge in [0, 0.05) is 16.8 Å². The van der Waals surface area contributed by atoms with Crippen LogP contribution in [0.3, 0.4) is 0 Å². The molecule has 1 fully saturated rings. The highest BCUT2D eigenvalue weighted by Crippen LogP contribution is 2.38. The van der Waals surface area contributed by atoms with Gasteiger partial charge in [0.2, 0.25) is 0 Å². The molecule has 0 bridgehead atoms. The molecule has 6 nitrogen and oxygen atoms in total. The molecule has 3 rings (SSSR count). The Balaban J connectivity index is 1.91. The van der Waals surface area contributed by atoms with Crippen LogP contribution in [-0.4, -0.2) is 47.4 Å². The molecule has 0 unspecified atom stereocenters. The molecule has 1 atom stereocenters. The first-order valence-corrected chi connectivity index (χ1v) is 8.92. The lowest BCUT2D eigenvalue weighted by atomic mass is 10.0. The number of nitrogens with zero attached hydrogens (tertiary/aromatic N) is 1. The smallest absolute Gasteiger partial charge is 0.410 e. The molecule has 1 aliphatic heterocycles. The van der Waals surface area contributed by atoms with E-state index in [1.807, 2.05) is 45.0 Å². The highest BCUT2D eigenvalue weighted by atomic mass is 32.1. The molecule has 0 aliphatic carbocycles. The SMILES string of the molecule is CC(C)(C)OC(=O)N1CCO[C@H](c2c(C(=O)O)sc3ccccc23)C1. The van der Waals surface area contributed by atoms with Crippen LogP contribution in [0.15, 0.2) is 24.3 Å². The maximum absolute atomic E-state index is 12.3. The van der Waals surface area contributed by atoms with Gasteiger partial charge < -0.3 is 19.5 Å². The summed E-state index contributed by atoms with van der Waals surface area (Å²) in [5.41, 5.74) is 0.0630. The summed E-state index contributed by atoms with van der Waals surface area (Å²) in [6, 6.07) is 7.54. The van der Waals surface area contributed by atoms with Crippen molar-refractivity contribution in [2.45, 2.75) is 32.5 Å². The van der Waals surface area contributed by atoms with Crippen molar-refractivity contribution in [3.05, 3.63) is 34.7 Å². The Labute approximate surface area is 150 Å². The standard InChI is InChI=1S/C18H21NO5S/c1-18(2,3)24-17(22)19-8-9-23-12(10-19)14-11-6-4-5-7-13(11)25-15(14)16(20)21/h4-7,12H,8-10H2,1-3H3,(H,20,21)/t12-/m0/s1. The van der Waals surface area contributed by atoms with Crippen molar-refractivity contribution in [2.24, 2.45) is 0 Å². The van der Waals surface area contributed by atoms with E-state index in [1.165, 1.54) is 11.3 Å². The van der Waals surface area contributed by atoms with Crippen molar-refractivity contribution in [3.8, 4) is 0 Å². The van der Waals surface area contributed by atoms with Gasteiger partial charge in [0.1, 0.15) is 16.6 Å². The Morgan fingerprint density at radius 1 is 1.32 bits per heavy atom. The second-order valence-corrected chi connectivity index (χ2v) is 7.98. The number of carboxylic acid groups (broad SMARTS) is 1. The topological polar surface area (TPSA) is 76.1 Å². The van der Waals surface area contributed by atoms with Crippen molar-refractivity contribution < 1.29 is 24.2 Å². The van der Waals surface area contributed by atoms with Crippen LogP contribution in [0.5, 0.6) is 0 Å². The summed E-state index contributed by atoms with van der Waals surface area (Å²) in [6.07, 6.45) is -0.888. The molecule has 0 radical (unpaired) electrons. The van der Waals surface area contributed by atoms with Crippen molar-refractivity contribution in [1.29, 1.82) is 0 Å². The number of thiophene rings is 1. The number of fused-ring (bicyclic) bond motifs is 1. The van der Waals surface area contributed by atoms with Gasteiger partial charge >= 0.3 is 12.1 Å². The van der Waals surface area contributed by atoms with E-state index in [0.29, 0.717) is 18.7 Å². The molecular weight excluding hydrogens is 342 g/mol. The first-order valence-electron chi connectivity index (χ1n) is 8.10. The lowest BCUT2D eigenvalue weighted by Crippen LogP contribution is -2.44. The largest absolute Gasteiger partial charge is 0.477 e. The summed E-state index contributed by atoms with van der Waals surface area (Å²) < 4.78 is 12.1.